The van der Waals surface area contributed by atoms with Crippen molar-refractivity contribution >= 4 is 33.3 Å². The number of anilines is 1. The highest BCUT2D eigenvalue weighted by molar-refractivity contribution is 7.92. The zero-order valence-corrected chi connectivity index (χ0v) is 22.1. The molecule has 2 unspecified atom stereocenters. The number of nitrogens with one attached hydrogen (secondary N) is 1. The summed E-state index contributed by atoms with van der Waals surface area (Å²) < 4.78 is 26.3. The van der Waals surface area contributed by atoms with Gasteiger partial charge in [-0.25, -0.2) is 8.42 Å². The van der Waals surface area contributed by atoms with Crippen LogP contribution in [0.1, 0.15) is 55.6 Å². The molecule has 0 aromatic heterocycles. The number of hydrogen-bond acceptors (Lipinski definition) is 5. The van der Waals surface area contributed by atoms with Crippen LogP contribution in [0.5, 0.6) is 0 Å². The summed E-state index contributed by atoms with van der Waals surface area (Å²) in [7, 11) is -3.86. The van der Waals surface area contributed by atoms with Crippen LogP contribution in [-0.4, -0.2) is 55.8 Å². The lowest BCUT2D eigenvalue weighted by atomic mass is 10.1. The van der Waals surface area contributed by atoms with E-state index in [1.807, 2.05) is 45.0 Å². The van der Waals surface area contributed by atoms with E-state index in [-0.39, 0.29) is 30.0 Å². The number of benzene rings is 2. The zero-order chi connectivity index (χ0) is 26.3. The van der Waals surface area contributed by atoms with Gasteiger partial charge >= 0.3 is 0 Å². The highest BCUT2D eigenvalue weighted by atomic mass is 32.2. The Balaban J connectivity index is 2.41. The first-order valence-corrected chi connectivity index (χ1v) is 13.4. The number of Topliss-reactive ketones (excluding diaryl/α,β-unsaturated/α-hetero) is 1. The molecule has 0 saturated carbocycles. The van der Waals surface area contributed by atoms with Crippen molar-refractivity contribution in [2.24, 2.45) is 0 Å². The summed E-state index contributed by atoms with van der Waals surface area (Å²) in [5.74, 6) is -1.07. The van der Waals surface area contributed by atoms with E-state index in [1.54, 1.807) is 19.1 Å². The third kappa shape index (κ3) is 7.92. The molecular formula is C26H35N3O5S. The van der Waals surface area contributed by atoms with Crippen molar-refractivity contribution in [3.8, 4) is 0 Å². The van der Waals surface area contributed by atoms with Crippen molar-refractivity contribution in [3.63, 3.8) is 0 Å². The van der Waals surface area contributed by atoms with Crippen LogP contribution < -0.4 is 9.62 Å². The molecule has 9 heteroatoms. The van der Waals surface area contributed by atoms with Crippen LogP contribution in [0.2, 0.25) is 0 Å². The molecule has 190 valence electrons. The normalized spacial score (nSPS) is 13.0. The first kappa shape index (κ1) is 28.0. The van der Waals surface area contributed by atoms with Crippen LogP contribution in [0.3, 0.4) is 0 Å². The quantitative estimate of drug-likeness (QED) is 0.476. The summed E-state index contributed by atoms with van der Waals surface area (Å²) in [4.78, 5) is 39.6. The Morgan fingerprint density at radius 2 is 1.66 bits per heavy atom. The number of carbonyl (C=O) groups excluding carboxylic acids is 3. The zero-order valence-electron chi connectivity index (χ0n) is 21.2. The molecule has 8 nitrogen and oxygen atoms in total. The Kier molecular flexibility index (Phi) is 9.59. The molecule has 0 spiro atoms. The number of aryl methyl sites for hydroxylation is 1. The third-order valence-corrected chi connectivity index (χ3v) is 7.00. The minimum absolute atomic E-state index is 0.0666. The molecule has 0 radical (unpaired) electrons. The first-order chi connectivity index (χ1) is 16.3. The van der Waals surface area contributed by atoms with E-state index >= 15 is 0 Å². The molecule has 0 bridgehead atoms. The summed E-state index contributed by atoms with van der Waals surface area (Å²) in [6, 6.07) is 12.8. The summed E-state index contributed by atoms with van der Waals surface area (Å²) in [5, 5.41) is 2.89. The Bertz CT molecular complexity index is 1160. The van der Waals surface area contributed by atoms with Crippen LogP contribution in [-0.2, 0) is 26.2 Å². The fourth-order valence-electron chi connectivity index (χ4n) is 3.43. The molecule has 0 aliphatic carbocycles. The Labute approximate surface area is 208 Å². The van der Waals surface area contributed by atoms with E-state index in [1.165, 1.54) is 24.0 Å². The molecular weight excluding hydrogens is 466 g/mol. The van der Waals surface area contributed by atoms with Gasteiger partial charge in [-0.3, -0.25) is 18.7 Å². The van der Waals surface area contributed by atoms with Crippen molar-refractivity contribution in [1.82, 2.24) is 10.2 Å². The van der Waals surface area contributed by atoms with Gasteiger partial charge in [0.25, 0.3) is 0 Å². The van der Waals surface area contributed by atoms with Gasteiger partial charge in [0.15, 0.2) is 5.78 Å². The van der Waals surface area contributed by atoms with Gasteiger partial charge in [0, 0.05) is 18.2 Å². The lowest BCUT2D eigenvalue weighted by Gasteiger charge is -2.32. The second-order valence-electron chi connectivity index (χ2n) is 8.88. The van der Waals surface area contributed by atoms with Crippen molar-refractivity contribution in [3.05, 3.63) is 65.2 Å². The van der Waals surface area contributed by atoms with Crippen molar-refractivity contribution in [2.45, 2.75) is 59.7 Å². The lowest BCUT2D eigenvalue weighted by Crippen LogP contribution is -2.52. The molecule has 1 N–H and O–H groups in total. The van der Waals surface area contributed by atoms with Gasteiger partial charge in [0.2, 0.25) is 21.8 Å². The average molecular weight is 502 g/mol. The number of ketones is 1. The number of rotatable bonds is 11. The van der Waals surface area contributed by atoms with Gasteiger partial charge in [-0.2, -0.15) is 0 Å². The number of amides is 2. The van der Waals surface area contributed by atoms with E-state index in [2.05, 4.69) is 5.32 Å². The molecule has 2 aromatic rings. The van der Waals surface area contributed by atoms with Crippen LogP contribution in [0.4, 0.5) is 5.69 Å². The maximum atomic E-state index is 13.5. The summed E-state index contributed by atoms with van der Waals surface area (Å²) in [6.07, 6.45) is 1.74. The standard InChI is InChI=1S/C26H35N3O5S/c1-7-19(3)27-26(32)20(4)28(16-22-13-11-18(2)12-14-22)25(31)17-29(35(6,33)34)24-10-8-9-23(15-24)21(5)30/h8-15,19-20H,7,16-17H2,1-6H3,(H,27,32). The second kappa shape index (κ2) is 12.0. The van der Waals surface area contributed by atoms with Crippen molar-refractivity contribution in [2.75, 3.05) is 17.1 Å². The maximum absolute atomic E-state index is 13.5. The van der Waals surface area contributed by atoms with Gasteiger partial charge < -0.3 is 10.2 Å². The summed E-state index contributed by atoms with van der Waals surface area (Å²) >= 11 is 0. The smallest absolute Gasteiger partial charge is 0.244 e. The van der Waals surface area contributed by atoms with Gasteiger partial charge in [-0.05, 0) is 51.8 Å². The van der Waals surface area contributed by atoms with Gasteiger partial charge in [0.1, 0.15) is 12.6 Å². The minimum Gasteiger partial charge on any atom is -0.352 e. The van der Waals surface area contributed by atoms with E-state index in [0.29, 0.717) is 5.56 Å². The largest absolute Gasteiger partial charge is 0.352 e. The highest BCUT2D eigenvalue weighted by Crippen LogP contribution is 2.21. The van der Waals surface area contributed by atoms with Gasteiger partial charge in [0.05, 0.1) is 11.9 Å². The molecule has 0 heterocycles. The average Bonchev–Trinajstić information content (AvgIpc) is 2.80. The number of hydrogen-bond donors (Lipinski definition) is 1. The van der Waals surface area contributed by atoms with Gasteiger partial charge in [-0.15, -0.1) is 0 Å². The predicted molar refractivity (Wildman–Crippen MR) is 138 cm³/mol. The van der Waals surface area contributed by atoms with Crippen LogP contribution in [0, 0.1) is 6.92 Å². The van der Waals surface area contributed by atoms with Crippen LogP contribution in [0.25, 0.3) is 0 Å². The SMILES string of the molecule is CCC(C)NC(=O)C(C)N(Cc1ccc(C)cc1)C(=O)CN(c1cccc(C(C)=O)c1)S(C)(=O)=O. The van der Waals surface area contributed by atoms with E-state index in [9.17, 15) is 22.8 Å². The van der Waals surface area contributed by atoms with E-state index in [4.69, 9.17) is 0 Å². The van der Waals surface area contributed by atoms with E-state index < -0.39 is 28.5 Å². The summed E-state index contributed by atoms with van der Waals surface area (Å²) in [5.41, 5.74) is 2.42. The number of sulfonamides is 1. The van der Waals surface area contributed by atoms with Crippen LogP contribution >= 0.6 is 0 Å². The number of nitrogens with zero attached hydrogens (tertiary/aromatic N) is 2. The molecule has 0 saturated heterocycles. The molecule has 35 heavy (non-hydrogen) atoms. The first-order valence-electron chi connectivity index (χ1n) is 11.6. The highest BCUT2D eigenvalue weighted by Gasteiger charge is 2.30. The third-order valence-electron chi connectivity index (χ3n) is 5.86. The number of carbonyl (C=O) groups is 3. The topological polar surface area (TPSA) is 104 Å². The molecule has 2 aromatic carbocycles. The molecule has 0 aliphatic heterocycles. The van der Waals surface area contributed by atoms with E-state index in [0.717, 1.165) is 28.1 Å². The molecule has 2 atom stereocenters. The molecule has 0 aliphatic rings. The van der Waals surface area contributed by atoms with Crippen molar-refractivity contribution in [1.29, 1.82) is 0 Å². The molecule has 2 amide bonds. The summed E-state index contributed by atoms with van der Waals surface area (Å²) in [6.45, 7) is 8.43. The van der Waals surface area contributed by atoms with Crippen LogP contribution in [0.15, 0.2) is 48.5 Å². The second-order valence-corrected chi connectivity index (χ2v) is 10.8. The van der Waals surface area contributed by atoms with Gasteiger partial charge in [-0.1, -0.05) is 48.9 Å². The monoisotopic (exact) mass is 501 g/mol. The Morgan fingerprint density at radius 3 is 2.20 bits per heavy atom. The fourth-order valence-corrected chi connectivity index (χ4v) is 4.27. The Hall–Kier alpha value is -3.20. The predicted octanol–water partition coefficient (Wildman–Crippen LogP) is 3.30. The fraction of sp³-hybridized carbons (Fsp3) is 0.423. The minimum atomic E-state index is -3.86. The van der Waals surface area contributed by atoms with Crippen molar-refractivity contribution < 1.29 is 22.8 Å². The lowest BCUT2D eigenvalue weighted by molar-refractivity contribution is -0.139. The maximum Gasteiger partial charge on any atom is 0.244 e. The molecule has 0 fully saturated rings. The Morgan fingerprint density at radius 1 is 1.03 bits per heavy atom. The molecule has 2 rings (SSSR count).